The number of benzene rings is 1. The summed E-state index contributed by atoms with van der Waals surface area (Å²) in [5.74, 6) is 0.286. The highest BCUT2D eigenvalue weighted by atomic mass is 35.5. The number of nitrogens with one attached hydrogen (secondary N) is 4. The molecule has 0 heterocycles. The Morgan fingerprint density at radius 3 is 2.52 bits per heavy atom. The van der Waals surface area contributed by atoms with E-state index in [9.17, 15) is 4.79 Å². The smallest absolute Gasteiger partial charge is 0.273 e. The van der Waals surface area contributed by atoms with Gasteiger partial charge in [0, 0.05) is 19.3 Å². The predicted molar refractivity (Wildman–Crippen MR) is 105 cm³/mol. The lowest BCUT2D eigenvalue weighted by atomic mass is 10.2. The van der Waals surface area contributed by atoms with E-state index in [1.54, 1.807) is 25.1 Å². The lowest BCUT2D eigenvalue weighted by molar-refractivity contribution is -0.117. The summed E-state index contributed by atoms with van der Waals surface area (Å²) < 4.78 is 0. The maximum Gasteiger partial charge on any atom is 0.273 e. The quantitative estimate of drug-likeness (QED) is 0.385. The van der Waals surface area contributed by atoms with Crippen LogP contribution in [0, 0.1) is 5.41 Å². The molecule has 1 amide bonds. The van der Waals surface area contributed by atoms with E-state index >= 15 is 0 Å². The topological polar surface area (TPSA) is 77.0 Å². The minimum Gasteiger partial charge on any atom is -0.380 e. The van der Waals surface area contributed by atoms with Crippen molar-refractivity contribution in [1.82, 2.24) is 16.0 Å². The van der Waals surface area contributed by atoms with Gasteiger partial charge in [-0.25, -0.2) is 0 Å². The predicted octanol–water partition coefficient (Wildman–Crippen LogP) is 3.98. The van der Waals surface area contributed by atoms with Crippen LogP contribution in [0.1, 0.15) is 32.8 Å². The van der Waals surface area contributed by atoms with E-state index in [0.29, 0.717) is 40.2 Å². The number of rotatable bonds is 9. The molecule has 0 aromatic heterocycles. The molecular weight excluding hydrogens is 359 g/mol. The Hall–Kier alpha value is -1.98. The zero-order valence-corrected chi connectivity index (χ0v) is 16.2. The summed E-state index contributed by atoms with van der Waals surface area (Å²) in [7, 11) is 0. The van der Waals surface area contributed by atoms with Gasteiger partial charge in [0.2, 0.25) is 0 Å². The Labute approximate surface area is 159 Å². The van der Waals surface area contributed by atoms with E-state index in [1.807, 2.05) is 19.9 Å². The first kappa shape index (κ1) is 21.1. The van der Waals surface area contributed by atoms with Crippen LogP contribution in [0.4, 0.5) is 0 Å². The van der Waals surface area contributed by atoms with Crippen molar-refractivity contribution < 1.29 is 4.79 Å². The zero-order valence-electron chi connectivity index (χ0n) is 14.7. The van der Waals surface area contributed by atoms with Crippen LogP contribution in [0.3, 0.4) is 0 Å². The Bertz CT molecular complexity index is 684. The van der Waals surface area contributed by atoms with Crippen LogP contribution < -0.4 is 16.0 Å². The molecule has 4 N–H and O–H groups in total. The first-order valence-electron chi connectivity index (χ1n) is 8.03. The third-order valence-electron chi connectivity index (χ3n) is 3.39. The summed E-state index contributed by atoms with van der Waals surface area (Å²) >= 11 is 11.9. The van der Waals surface area contributed by atoms with Crippen molar-refractivity contribution in [3.63, 3.8) is 0 Å². The van der Waals surface area contributed by atoms with Crippen molar-refractivity contribution in [3.8, 4) is 0 Å². The average molecular weight is 383 g/mol. The molecule has 0 spiro atoms. The summed E-state index contributed by atoms with van der Waals surface area (Å²) in [4.78, 5) is 12.5. The van der Waals surface area contributed by atoms with Crippen LogP contribution in [0.15, 0.2) is 41.4 Å². The molecule has 7 heteroatoms. The molecule has 0 aliphatic rings. The van der Waals surface area contributed by atoms with E-state index in [1.165, 1.54) is 0 Å². The van der Waals surface area contributed by atoms with Gasteiger partial charge in [-0.1, -0.05) is 36.2 Å². The molecular formula is C18H24Cl2N4O. The molecule has 0 radical (unpaired) electrons. The van der Waals surface area contributed by atoms with Gasteiger partial charge in [0.15, 0.2) is 0 Å². The van der Waals surface area contributed by atoms with Crippen LogP contribution in [0.5, 0.6) is 0 Å². The molecule has 1 aromatic rings. The van der Waals surface area contributed by atoms with Gasteiger partial charge in [0.25, 0.3) is 5.91 Å². The average Bonchev–Trinajstić information content (AvgIpc) is 2.61. The number of hydrogen-bond acceptors (Lipinski definition) is 4. The van der Waals surface area contributed by atoms with Crippen molar-refractivity contribution in [2.45, 2.75) is 33.7 Å². The Morgan fingerprint density at radius 2 is 1.96 bits per heavy atom. The zero-order chi connectivity index (χ0) is 18.8. The SMILES string of the molecule is C/C=C(\NCc1ccc(Cl)c(Cl)c1)NC(=O)/C(NCCC)=C(\C)C=N. The van der Waals surface area contributed by atoms with E-state index in [4.69, 9.17) is 28.6 Å². The summed E-state index contributed by atoms with van der Waals surface area (Å²) in [5, 5.41) is 17.4. The number of amides is 1. The number of carbonyl (C=O) groups is 1. The second kappa shape index (κ2) is 10.8. The van der Waals surface area contributed by atoms with Crippen LogP contribution in [0.25, 0.3) is 0 Å². The lowest BCUT2D eigenvalue weighted by Gasteiger charge is -2.16. The normalized spacial score (nSPS) is 12.3. The first-order valence-corrected chi connectivity index (χ1v) is 8.79. The summed E-state index contributed by atoms with van der Waals surface area (Å²) in [6.07, 6.45) is 3.82. The second-order valence-electron chi connectivity index (χ2n) is 5.39. The van der Waals surface area contributed by atoms with Gasteiger partial charge in [0.05, 0.1) is 10.0 Å². The molecule has 1 rings (SSSR count). The van der Waals surface area contributed by atoms with Gasteiger partial charge in [-0.3, -0.25) is 4.79 Å². The largest absolute Gasteiger partial charge is 0.380 e. The van der Waals surface area contributed by atoms with Crippen molar-refractivity contribution in [1.29, 1.82) is 5.41 Å². The van der Waals surface area contributed by atoms with Crippen LogP contribution in [0.2, 0.25) is 10.0 Å². The Balaban J connectivity index is 2.75. The van der Waals surface area contributed by atoms with E-state index in [-0.39, 0.29) is 5.91 Å². The molecule has 0 saturated heterocycles. The fraction of sp³-hybridized carbons (Fsp3) is 0.333. The number of halogens is 2. The molecule has 5 nitrogen and oxygen atoms in total. The van der Waals surface area contributed by atoms with Gasteiger partial charge in [0.1, 0.15) is 11.5 Å². The molecule has 136 valence electrons. The fourth-order valence-corrected chi connectivity index (χ4v) is 2.29. The third-order valence-corrected chi connectivity index (χ3v) is 4.13. The van der Waals surface area contributed by atoms with Crippen molar-refractivity contribution >= 4 is 35.3 Å². The maximum absolute atomic E-state index is 12.5. The van der Waals surface area contributed by atoms with E-state index in [0.717, 1.165) is 18.2 Å². The van der Waals surface area contributed by atoms with Gasteiger partial charge in [-0.05, 0) is 49.6 Å². The molecule has 0 atom stereocenters. The highest BCUT2D eigenvalue weighted by Gasteiger charge is 2.13. The fourth-order valence-electron chi connectivity index (χ4n) is 1.97. The Kier molecular flexibility index (Phi) is 9.10. The van der Waals surface area contributed by atoms with Crippen LogP contribution in [-0.2, 0) is 11.3 Å². The first-order chi connectivity index (χ1) is 11.9. The van der Waals surface area contributed by atoms with Gasteiger partial charge in [-0.15, -0.1) is 0 Å². The van der Waals surface area contributed by atoms with Crippen molar-refractivity contribution in [2.75, 3.05) is 6.54 Å². The highest BCUT2D eigenvalue weighted by Crippen LogP contribution is 2.22. The van der Waals surface area contributed by atoms with Gasteiger partial charge >= 0.3 is 0 Å². The summed E-state index contributed by atoms with van der Waals surface area (Å²) in [6.45, 7) is 6.71. The molecule has 0 unspecified atom stereocenters. The lowest BCUT2D eigenvalue weighted by Crippen LogP contribution is -2.37. The summed E-state index contributed by atoms with van der Waals surface area (Å²) in [5.41, 5.74) is 1.91. The minimum atomic E-state index is -0.288. The Morgan fingerprint density at radius 1 is 1.24 bits per heavy atom. The second-order valence-corrected chi connectivity index (χ2v) is 6.20. The summed E-state index contributed by atoms with van der Waals surface area (Å²) in [6, 6.07) is 5.38. The molecule has 0 fully saturated rings. The monoisotopic (exact) mass is 382 g/mol. The highest BCUT2D eigenvalue weighted by molar-refractivity contribution is 6.42. The molecule has 25 heavy (non-hydrogen) atoms. The van der Waals surface area contributed by atoms with Crippen LogP contribution in [-0.4, -0.2) is 18.7 Å². The molecule has 0 aliphatic carbocycles. The van der Waals surface area contributed by atoms with E-state index in [2.05, 4.69) is 16.0 Å². The molecule has 0 bridgehead atoms. The van der Waals surface area contributed by atoms with Gasteiger partial charge < -0.3 is 21.4 Å². The number of hydrogen-bond donors (Lipinski definition) is 4. The maximum atomic E-state index is 12.5. The van der Waals surface area contributed by atoms with Crippen molar-refractivity contribution in [3.05, 3.63) is 57.0 Å². The van der Waals surface area contributed by atoms with Crippen molar-refractivity contribution in [2.24, 2.45) is 0 Å². The minimum absolute atomic E-state index is 0.288. The van der Waals surface area contributed by atoms with E-state index < -0.39 is 0 Å². The molecule has 0 aliphatic heterocycles. The standard InChI is InChI=1S/C18H24Cl2N4O/c1-4-8-22-17(12(3)10-21)18(25)24-16(5-2)23-11-13-6-7-14(19)15(20)9-13/h5-7,9-10,21-23H,4,8,11H2,1-3H3,(H,24,25)/b16-5+,17-12-,21-10?. The van der Waals surface area contributed by atoms with Crippen LogP contribution >= 0.6 is 23.2 Å². The van der Waals surface area contributed by atoms with Gasteiger partial charge in [-0.2, -0.15) is 0 Å². The molecule has 1 aromatic carbocycles. The third kappa shape index (κ3) is 6.80. The number of carbonyl (C=O) groups excluding carboxylic acids is 1. The number of allylic oxidation sites excluding steroid dienone is 2. The molecule has 0 saturated carbocycles.